The van der Waals surface area contributed by atoms with Gasteiger partial charge in [-0.05, 0) is 17.5 Å². The van der Waals surface area contributed by atoms with E-state index in [1.165, 1.54) is 27.0 Å². The highest BCUT2D eigenvalue weighted by molar-refractivity contribution is 5.84. The topological polar surface area (TPSA) is 155 Å². The lowest BCUT2D eigenvalue weighted by molar-refractivity contribution is -0.215. The molecule has 1 aromatic carbocycles. The number of halogens is 3. The van der Waals surface area contributed by atoms with Crippen LogP contribution < -0.4 is 27.4 Å². The zero-order chi connectivity index (χ0) is 28.4. The van der Waals surface area contributed by atoms with E-state index in [0.717, 1.165) is 4.57 Å². The molecule has 3 aromatic rings. The minimum absolute atomic E-state index is 0.0614. The van der Waals surface area contributed by atoms with Crippen molar-refractivity contribution in [3.8, 4) is 11.3 Å². The first kappa shape index (κ1) is 28.4. The van der Waals surface area contributed by atoms with Gasteiger partial charge < -0.3 is 20.7 Å². The van der Waals surface area contributed by atoms with E-state index in [1.54, 1.807) is 30.3 Å². The summed E-state index contributed by atoms with van der Waals surface area (Å²) in [4.78, 5) is 65.9. The van der Waals surface area contributed by atoms with Crippen molar-refractivity contribution in [1.29, 1.82) is 0 Å². The number of amides is 2. The summed E-state index contributed by atoms with van der Waals surface area (Å²) in [5.74, 6) is -2.46. The van der Waals surface area contributed by atoms with Crippen LogP contribution in [0.1, 0.15) is 13.8 Å². The molecule has 2 aromatic heterocycles. The number of likely N-dealkylation sites (N-methyl/N-ethyl adjacent to an activating group) is 1. The summed E-state index contributed by atoms with van der Waals surface area (Å²) in [5.41, 5.74) is -2.93. The quantitative estimate of drug-likeness (QED) is 0.325. The number of nitrogens with one attached hydrogen (secondary N) is 3. The normalized spacial score (nSPS) is 13.4. The Morgan fingerprint density at radius 1 is 1.00 bits per heavy atom. The fourth-order valence-electron chi connectivity index (χ4n) is 3.91. The number of nitrogens with zero attached hydrogens (tertiary/aromatic N) is 2. The summed E-state index contributed by atoms with van der Waals surface area (Å²) in [6, 6.07) is 7.64. The number of hydrogen-bond acceptors (Lipinski definition) is 6. The number of aromatic amines is 1. The summed E-state index contributed by atoms with van der Waals surface area (Å²) in [6.45, 7) is 1.37. The molecule has 0 fully saturated rings. The van der Waals surface area contributed by atoms with E-state index in [4.69, 9.17) is 0 Å². The highest BCUT2D eigenvalue weighted by Gasteiger charge is 2.45. The zero-order valence-electron chi connectivity index (χ0n) is 20.6. The fourth-order valence-corrected chi connectivity index (χ4v) is 3.91. The van der Waals surface area contributed by atoms with Gasteiger partial charge in [-0.3, -0.25) is 28.3 Å². The van der Waals surface area contributed by atoms with Gasteiger partial charge in [0, 0.05) is 7.05 Å². The number of aliphatic hydroxyl groups is 1. The molecule has 2 heterocycles. The smallest absolute Gasteiger partial charge is 0.382 e. The maximum absolute atomic E-state index is 13.4. The molecule has 2 unspecified atom stereocenters. The summed E-state index contributed by atoms with van der Waals surface area (Å²) in [6.07, 6.45) is -7.84. The molecule has 0 aliphatic carbocycles. The van der Waals surface area contributed by atoms with Crippen LogP contribution in [0.3, 0.4) is 0 Å². The van der Waals surface area contributed by atoms with Crippen LogP contribution in [0, 0.1) is 5.92 Å². The maximum Gasteiger partial charge on any atom is 0.416 e. The van der Waals surface area contributed by atoms with Gasteiger partial charge in [0.05, 0.1) is 17.1 Å². The molecular weight excluding hydrogens is 511 g/mol. The third-order valence-corrected chi connectivity index (χ3v) is 5.93. The van der Waals surface area contributed by atoms with E-state index in [-0.39, 0.29) is 11.1 Å². The van der Waals surface area contributed by atoms with Crippen LogP contribution in [-0.4, -0.2) is 56.4 Å². The van der Waals surface area contributed by atoms with E-state index >= 15 is 0 Å². The first-order chi connectivity index (χ1) is 17.8. The first-order valence-corrected chi connectivity index (χ1v) is 11.5. The summed E-state index contributed by atoms with van der Waals surface area (Å²) < 4.78 is 40.9. The molecule has 2 amide bonds. The minimum atomic E-state index is -4.99. The molecule has 0 bridgehead atoms. The van der Waals surface area contributed by atoms with Crippen molar-refractivity contribution in [2.75, 3.05) is 7.05 Å². The second-order valence-corrected chi connectivity index (χ2v) is 8.89. The monoisotopic (exact) mass is 537 g/mol. The molecule has 2 atom stereocenters. The Bertz CT molecular complexity index is 1530. The van der Waals surface area contributed by atoms with Crippen LogP contribution >= 0.6 is 0 Å². The van der Waals surface area contributed by atoms with Crippen molar-refractivity contribution >= 4 is 22.7 Å². The van der Waals surface area contributed by atoms with Crippen LogP contribution in [-0.2, 0) is 22.7 Å². The zero-order valence-corrected chi connectivity index (χ0v) is 20.6. The number of fused-ring (bicyclic) bond motifs is 1. The summed E-state index contributed by atoms with van der Waals surface area (Å²) in [7, 11) is 1.32. The molecule has 14 heteroatoms. The molecule has 4 N–H and O–H groups in total. The van der Waals surface area contributed by atoms with Crippen molar-refractivity contribution in [2.24, 2.45) is 5.92 Å². The fraction of sp³-hybridized carbons (Fsp3) is 0.375. The second-order valence-electron chi connectivity index (χ2n) is 8.89. The lowest BCUT2D eigenvalue weighted by Gasteiger charge is -2.29. The van der Waals surface area contributed by atoms with Gasteiger partial charge in [-0.15, -0.1) is 0 Å². The van der Waals surface area contributed by atoms with Crippen molar-refractivity contribution in [3.63, 3.8) is 0 Å². The predicted molar refractivity (Wildman–Crippen MR) is 131 cm³/mol. The number of carbonyl (C=O) groups is 2. The average molecular weight is 537 g/mol. The minimum Gasteiger partial charge on any atom is -0.382 e. The largest absolute Gasteiger partial charge is 0.416 e. The van der Waals surface area contributed by atoms with Crippen LogP contribution in [0.2, 0.25) is 0 Å². The van der Waals surface area contributed by atoms with E-state index in [1.807, 2.05) is 0 Å². The van der Waals surface area contributed by atoms with Gasteiger partial charge in [0.25, 0.3) is 11.1 Å². The highest BCUT2D eigenvalue weighted by atomic mass is 19.4. The number of aliphatic hydroxyl groups excluding tert-OH is 1. The lowest BCUT2D eigenvalue weighted by Crippen LogP contribution is -2.53. The molecule has 38 heavy (non-hydrogen) atoms. The van der Waals surface area contributed by atoms with E-state index in [0.29, 0.717) is 10.1 Å². The Balaban J connectivity index is 2.17. The Labute approximate surface area is 212 Å². The van der Waals surface area contributed by atoms with Crippen LogP contribution in [0.5, 0.6) is 0 Å². The molecule has 0 saturated heterocycles. The molecule has 0 saturated carbocycles. The Morgan fingerprint density at radius 2 is 1.61 bits per heavy atom. The predicted octanol–water partition coefficient (Wildman–Crippen LogP) is 0.329. The van der Waals surface area contributed by atoms with Crippen LogP contribution in [0.25, 0.3) is 22.2 Å². The van der Waals surface area contributed by atoms with Crippen LogP contribution in [0.4, 0.5) is 13.2 Å². The average Bonchev–Trinajstić information content (AvgIpc) is 2.86. The highest BCUT2D eigenvalue weighted by Crippen LogP contribution is 2.26. The number of pyridine rings is 1. The van der Waals surface area contributed by atoms with Crippen molar-refractivity contribution in [2.45, 2.75) is 45.3 Å². The maximum atomic E-state index is 13.4. The first-order valence-electron chi connectivity index (χ1n) is 11.5. The number of carbonyl (C=O) groups excluding carboxylic acids is 2. The Morgan fingerprint density at radius 3 is 2.16 bits per heavy atom. The van der Waals surface area contributed by atoms with Crippen molar-refractivity contribution < 1.29 is 27.9 Å². The standard InChI is InChI=1S/C24H26F3N5O6/c1-12(2)18(20(35)24(25,26)27)29-17(34)11-31-15(13-7-5-4-6-8-13)9-14-19(22(31)37)30-23(38)32(21(14)36)10-16(33)28-3/h4-9,12,18,20,35H,10-11H2,1-3H3,(H,28,33)(H,29,34)(H,30,38). The molecule has 204 valence electrons. The molecule has 0 aliphatic heterocycles. The molecule has 0 spiro atoms. The summed E-state index contributed by atoms with van der Waals surface area (Å²) in [5, 5.41) is 13.9. The SMILES string of the molecule is CNC(=O)Cn1c(=O)[nH]c2c(=O)n(CC(=O)NC(C(C)C)C(O)C(F)(F)F)c(-c3ccccc3)cc2c1=O. The van der Waals surface area contributed by atoms with E-state index < -0.39 is 71.5 Å². The Kier molecular flexibility index (Phi) is 8.25. The molecule has 11 nitrogen and oxygen atoms in total. The van der Waals surface area contributed by atoms with Gasteiger partial charge in [-0.1, -0.05) is 44.2 Å². The third-order valence-electron chi connectivity index (χ3n) is 5.93. The van der Waals surface area contributed by atoms with Crippen molar-refractivity contribution in [1.82, 2.24) is 24.8 Å². The number of aromatic nitrogens is 3. The van der Waals surface area contributed by atoms with Gasteiger partial charge in [0.15, 0.2) is 6.10 Å². The van der Waals surface area contributed by atoms with Gasteiger partial charge in [-0.2, -0.15) is 13.2 Å². The molecular formula is C24H26F3N5O6. The lowest BCUT2D eigenvalue weighted by atomic mass is 9.98. The van der Waals surface area contributed by atoms with Crippen LogP contribution in [0.15, 0.2) is 50.8 Å². The van der Waals surface area contributed by atoms with E-state index in [9.17, 15) is 42.3 Å². The van der Waals surface area contributed by atoms with Gasteiger partial charge in [0.1, 0.15) is 18.6 Å². The number of H-pyrrole nitrogens is 1. The molecule has 0 radical (unpaired) electrons. The van der Waals surface area contributed by atoms with Crippen molar-refractivity contribution in [3.05, 3.63) is 67.6 Å². The van der Waals surface area contributed by atoms with Gasteiger partial charge in [0.2, 0.25) is 11.8 Å². The molecule has 3 rings (SSSR count). The number of alkyl halides is 3. The number of rotatable bonds is 8. The number of hydrogen-bond donors (Lipinski definition) is 4. The van der Waals surface area contributed by atoms with Gasteiger partial charge in [-0.25, -0.2) is 4.79 Å². The summed E-state index contributed by atoms with van der Waals surface area (Å²) >= 11 is 0. The Hall–Kier alpha value is -4.20. The number of benzene rings is 1. The molecule has 0 aliphatic rings. The van der Waals surface area contributed by atoms with Gasteiger partial charge >= 0.3 is 11.9 Å². The third kappa shape index (κ3) is 5.85. The second kappa shape index (κ2) is 11.0. The van der Waals surface area contributed by atoms with E-state index in [2.05, 4.69) is 15.6 Å².